The second kappa shape index (κ2) is 11.4. The van der Waals surface area contributed by atoms with Crippen molar-refractivity contribution in [1.82, 2.24) is 14.9 Å². The molecule has 39 heavy (non-hydrogen) atoms. The van der Waals surface area contributed by atoms with Gasteiger partial charge in [-0.1, -0.05) is 24.3 Å². The summed E-state index contributed by atoms with van der Waals surface area (Å²) in [4.78, 5) is 63.8. The number of para-hydroxylation sites is 1. The molecule has 2 unspecified atom stereocenters. The van der Waals surface area contributed by atoms with Crippen LogP contribution in [0, 0.1) is 17.8 Å². The quantitative estimate of drug-likeness (QED) is 0.202. The summed E-state index contributed by atoms with van der Waals surface area (Å²) < 4.78 is 10.5. The number of esters is 2. The summed E-state index contributed by atoms with van der Waals surface area (Å²) in [6, 6.07) is 7.93. The van der Waals surface area contributed by atoms with Gasteiger partial charge in [-0.3, -0.25) is 19.2 Å². The number of β-lactam (4-membered cyclic amide) rings is 1. The summed E-state index contributed by atoms with van der Waals surface area (Å²) in [6.45, 7) is 7.82. The molecule has 0 bridgehead atoms. The lowest BCUT2D eigenvalue weighted by molar-refractivity contribution is -0.193. The van der Waals surface area contributed by atoms with Gasteiger partial charge in [-0.2, -0.15) is 5.06 Å². The molecule has 2 aromatic rings. The Morgan fingerprint density at radius 1 is 1.21 bits per heavy atom. The van der Waals surface area contributed by atoms with E-state index in [1.54, 1.807) is 67.6 Å². The highest BCUT2D eigenvalue weighted by Gasteiger charge is 2.60. The van der Waals surface area contributed by atoms with Crippen molar-refractivity contribution in [2.24, 2.45) is 10.8 Å². The van der Waals surface area contributed by atoms with Gasteiger partial charge in [-0.05, 0) is 45.9 Å². The maximum atomic E-state index is 13.4. The van der Waals surface area contributed by atoms with E-state index in [0.29, 0.717) is 5.75 Å². The van der Waals surface area contributed by atoms with Crippen LogP contribution in [0.2, 0.25) is 0 Å². The Balaban J connectivity index is 1.52. The molecular formula is C27H31N3O7S2. The zero-order valence-electron chi connectivity index (χ0n) is 22.4. The fraction of sp³-hybridized carbons (Fsp3) is 0.444. The number of hydrogen-bond donors (Lipinski definition) is 0. The van der Waals surface area contributed by atoms with Gasteiger partial charge in [0.15, 0.2) is 11.8 Å². The first-order valence-electron chi connectivity index (χ1n) is 12.3. The van der Waals surface area contributed by atoms with E-state index >= 15 is 0 Å². The molecule has 208 valence electrons. The standard InChI is InChI=1S/C27H31N3O7S2/c1-17-20(39-15-28-17)11-12-27(25(34)36-16-35-24(33)26(3,4)5)13-29-22(32)21(23(29)38-14-27)30(18(2)31)37-19-9-7-6-8-10-19/h6-12,15,21,23H,13-14,16H2,1-5H3/t21?,23-,27?/m1/s1. The van der Waals surface area contributed by atoms with Gasteiger partial charge in [0.2, 0.25) is 6.79 Å². The van der Waals surface area contributed by atoms with Gasteiger partial charge < -0.3 is 19.2 Å². The summed E-state index contributed by atoms with van der Waals surface area (Å²) in [5, 5.41) is 0.697. The normalized spacial score (nSPS) is 22.6. The molecule has 0 N–H and O–H groups in total. The lowest BCUT2D eigenvalue weighted by Crippen LogP contribution is -2.74. The van der Waals surface area contributed by atoms with Crippen molar-refractivity contribution in [3.05, 3.63) is 52.5 Å². The van der Waals surface area contributed by atoms with Crippen LogP contribution in [-0.2, 0) is 28.7 Å². The average Bonchev–Trinajstić information content (AvgIpc) is 3.31. The van der Waals surface area contributed by atoms with Crippen molar-refractivity contribution in [3.8, 4) is 5.75 Å². The van der Waals surface area contributed by atoms with Crippen molar-refractivity contribution >= 4 is 52.9 Å². The van der Waals surface area contributed by atoms with E-state index in [1.807, 2.05) is 13.0 Å². The minimum atomic E-state index is -1.20. The number of aryl methyl sites for hydroxylation is 1. The molecule has 10 nitrogen and oxygen atoms in total. The fourth-order valence-corrected chi connectivity index (χ4v) is 6.30. The largest absolute Gasteiger partial charge is 0.427 e. The Hall–Kier alpha value is -3.38. The smallest absolute Gasteiger partial charge is 0.321 e. The Morgan fingerprint density at radius 3 is 2.54 bits per heavy atom. The van der Waals surface area contributed by atoms with Crippen molar-refractivity contribution < 1.29 is 33.5 Å². The van der Waals surface area contributed by atoms with Crippen LogP contribution in [0.3, 0.4) is 0 Å². The Kier molecular flexibility index (Phi) is 8.36. The van der Waals surface area contributed by atoms with Crippen molar-refractivity contribution in [1.29, 1.82) is 0 Å². The van der Waals surface area contributed by atoms with E-state index in [1.165, 1.54) is 30.0 Å². The van der Waals surface area contributed by atoms with Crippen molar-refractivity contribution in [3.63, 3.8) is 0 Å². The van der Waals surface area contributed by atoms with E-state index < -0.39 is 46.9 Å². The van der Waals surface area contributed by atoms with E-state index in [2.05, 4.69) is 4.98 Å². The van der Waals surface area contributed by atoms with Crippen LogP contribution in [0.5, 0.6) is 5.75 Å². The number of amides is 2. The lowest BCUT2D eigenvalue weighted by atomic mass is 9.86. The number of nitrogens with zero attached hydrogens (tertiary/aromatic N) is 3. The molecule has 1 aromatic carbocycles. The number of benzene rings is 1. The van der Waals surface area contributed by atoms with Gasteiger partial charge in [0.05, 0.1) is 16.6 Å². The number of fused-ring (bicyclic) bond motifs is 1. The van der Waals surface area contributed by atoms with Crippen LogP contribution in [0.15, 0.2) is 41.9 Å². The van der Waals surface area contributed by atoms with Crippen LogP contribution in [0.1, 0.15) is 38.3 Å². The third-order valence-corrected chi connectivity index (χ3v) is 8.75. The molecule has 2 amide bonds. The number of rotatable bonds is 8. The zero-order valence-corrected chi connectivity index (χ0v) is 24.0. The van der Waals surface area contributed by atoms with Gasteiger partial charge in [-0.15, -0.1) is 23.1 Å². The predicted octanol–water partition coefficient (Wildman–Crippen LogP) is 3.67. The number of carbonyl (C=O) groups is 4. The average molecular weight is 574 g/mol. The van der Waals surface area contributed by atoms with Gasteiger partial charge in [0.1, 0.15) is 10.8 Å². The number of hydrogen-bond acceptors (Lipinski definition) is 10. The molecule has 4 rings (SSSR count). The van der Waals surface area contributed by atoms with Crippen LogP contribution in [0.4, 0.5) is 0 Å². The summed E-state index contributed by atoms with van der Waals surface area (Å²) >= 11 is 2.79. The summed E-state index contributed by atoms with van der Waals surface area (Å²) in [6.07, 6.45) is 3.53. The van der Waals surface area contributed by atoms with Crippen LogP contribution in [0.25, 0.3) is 6.08 Å². The molecule has 0 spiro atoms. The maximum absolute atomic E-state index is 13.4. The SMILES string of the molecule is CC(=O)N(Oc1ccccc1)C1C(=O)N2CC(C=Cc3scnc3C)(C(=O)OCOC(=O)C(C)(C)C)CS[C@H]12. The highest BCUT2D eigenvalue weighted by Crippen LogP contribution is 2.45. The molecule has 2 aliphatic rings. The predicted molar refractivity (Wildman–Crippen MR) is 146 cm³/mol. The van der Waals surface area contributed by atoms with E-state index in [4.69, 9.17) is 14.3 Å². The second-order valence-corrected chi connectivity index (χ2v) is 12.4. The van der Waals surface area contributed by atoms with E-state index in [-0.39, 0.29) is 18.2 Å². The minimum absolute atomic E-state index is 0.0392. The zero-order chi connectivity index (χ0) is 28.4. The number of ether oxygens (including phenoxy) is 2. The number of hydroxylamine groups is 2. The molecule has 12 heteroatoms. The van der Waals surface area contributed by atoms with Crippen LogP contribution >= 0.6 is 23.1 Å². The third-order valence-electron chi connectivity index (χ3n) is 6.32. The lowest BCUT2D eigenvalue weighted by Gasteiger charge is -2.55. The summed E-state index contributed by atoms with van der Waals surface area (Å²) in [5.74, 6) is -1.15. The van der Waals surface area contributed by atoms with E-state index in [0.717, 1.165) is 15.6 Å². The maximum Gasteiger partial charge on any atom is 0.321 e. The highest BCUT2D eigenvalue weighted by atomic mass is 32.2. The first-order chi connectivity index (χ1) is 18.4. The molecule has 2 aliphatic heterocycles. The van der Waals surface area contributed by atoms with Crippen molar-refractivity contribution in [2.45, 2.75) is 46.0 Å². The molecule has 0 radical (unpaired) electrons. The highest BCUT2D eigenvalue weighted by molar-refractivity contribution is 8.00. The minimum Gasteiger partial charge on any atom is -0.427 e. The molecule has 2 saturated heterocycles. The molecule has 0 saturated carbocycles. The number of thioether (sulfide) groups is 1. The topological polar surface area (TPSA) is 115 Å². The Labute approximate surface area is 235 Å². The first-order valence-corrected chi connectivity index (χ1v) is 14.2. The molecular weight excluding hydrogens is 542 g/mol. The summed E-state index contributed by atoms with van der Waals surface area (Å²) in [7, 11) is 0. The van der Waals surface area contributed by atoms with E-state index in [9.17, 15) is 19.2 Å². The molecule has 1 aromatic heterocycles. The number of carbonyl (C=O) groups excluding carboxylic acids is 4. The molecule has 3 heterocycles. The second-order valence-electron chi connectivity index (χ2n) is 10.4. The van der Waals surface area contributed by atoms with Gasteiger partial charge >= 0.3 is 11.9 Å². The van der Waals surface area contributed by atoms with Gasteiger partial charge in [-0.25, -0.2) is 4.98 Å². The van der Waals surface area contributed by atoms with Crippen molar-refractivity contribution in [2.75, 3.05) is 19.1 Å². The number of aromatic nitrogens is 1. The monoisotopic (exact) mass is 573 g/mol. The first kappa shape index (κ1) is 28.6. The Morgan fingerprint density at radius 2 is 1.92 bits per heavy atom. The molecule has 2 fully saturated rings. The van der Waals surface area contributed by atoms with Gasteiger partial charge in [0.25, 0.3) is 11.8 Å². The van der Waals surface area contributed by atoms with Crippen LogP contribution in [-0.4, -0.2) is 69.2 Å². The molecule has 0 aliphatic carbocycles. The fourth-order valence-electron chi connectivity index (χ4n) is 4.06. The Bertz CT molecular complexity index is 1270. The number of thiazole rings is 1. The third kappa shape index (κ3) is 6.11. The van der Waals surface area contributed by atoms with Gasteiger partial charge in [0, 0.05) is 24.1 Å². The summed E-state index contributed by atoms with van der Waals surface area (Å²) in [5.41, 5.74) is 0.582. The van der Waals surface area contributed by atoms with Crippen LogP contribution < -0.4 is 4.84 Å². The molecule has 3 atom stereocenters.